The highest BCUT2D eigenvalue weighted by Gasteiger charge is 2.10. The Morgan fingerprint density at radius 1 is 0.960 bits per heavy atom. The molecule has 5 N–H and O–H groups in total. The van der Waals surface area contributed by atoms with Crippen molar-refractivity contribution in [2.45, 2.75) is 13.0 Å². The van der Waals surface area contributed by atoms with E-state index in [0.29, 0.717) is 23.4 Å². The molecule has 0 aliphatic rings. The molecule has 0 spiro atoms. The second kappa shape index (κ2) is 8.60. The number of anilines is 1. The van der Waals surface area contributed by atoms with E-state index in [2.05, 4.69) is 10.6 Å². The third-order valence-corrected chi connectivity index (χ3v) is 3.43. The van der Waals surface area contributed by atoms with Crippen LogP contribution >= 0.6 is 0 Å². The van der Waals surface area contributed by atoms with E-state index < -0.39 is 11.9 Å². The zero-order chi connectivity index (χ0) is 18.2. The number of rotatable bonds is 7. The molecule has 0 aliphatic carbocycles. The van der Waals surface area contributed by atoms with E-state index in [0.717, 1.165) is 5.56 Å². The van der Waals surface area contributed by atoms with Gasteiger partial charge in [0, 0.05) is 29.9 Å². The Hall–Kier alpha value is -3.19. The first-order valence-corrected chi connectivity index (χ1v) is 7.70. The number of hydrogen-bond acceptors (Lipinski definition) is 4. The molecule has 25 heavy (non-hydrogen) atoms. The highest BCUT2D eigenvalue weighted by Crippen LogP contribution is 2.13. The lowest BCUT2D eigenvalue weighted by Crippen LogP contribution is -2.26. The summed E-state index contributed by atoms with van der Waals surface area (Å²) < 4.78 is 0. The summed E-state index contributed by atoms with van der Waals surface area (Å²) in [5.74, 6) is -1.69. The van der Waals surface area contributed by atoms with Crippen LogP contribution in [0.5, 0.6) is 0 Å². The number of nitrogens with one attached hydrogen (secondary N) is 2. The molecule has 7 heteroatoms. The van der Waals surface area contributed by atoms with Gasteiger partial charge >= 0.3 is 5.97 Å². The maximum atomic E-state index is 12.3. The Labute approximate surface area is 144 Å². The molecule has 0 aliphatic heterocycles. The molecule has 0 saturated heterocycles. The van der Waals surface area contributed by atoms with Crippen molar-refractivity contribution in [2.24, 2.45) is 5.73 Å². The lowest BCUT2D eigenvalue weighted by molar-refractivity contribution is -0.136. The predicted octanol–water partition coefficient (Wildman–Crippen LogP) is 1.60. The molecular formula is C18H19N3O4. The maximum Gasteiger partial charge on any atom is 0.305 e. The molecule has 0 radical (unpaired) electrons. The number of amides is 2. The van der Waals surface area contributed by atoms with E-state index >= 15 is 0 Å². The third-order valence-electron chi connectivity index (χ3n) is 3.43. The molecule has 0 unspecified atom stereocenters. The highest BCUT2D eigenvalue weighted by molar-refractivity contribution is 6.05. The summed E-state index contributed by atoms with van der Waals surface area (Å²) in [6.45, 7) is 0.379. The van der Waals surface area contributed by atoms with Gasteiger partial charge in [0.05, 0.1) is 6.42 Å². The minimum atomic E-state index is -0.985. The van der Waals surface area contributed by atoms with Crippen LogP contribution < -0.4 is 16.4 Å². The van der Waals surface area contributed by atoms with Gasteiger partial charge in [-0.05, 0) is 35.9 Å². The molecule has 0 saturated carbocycles. The Morgan fingerprint density at radius 3 is 2.32 bits per heavy atom. The van der Waals surface area contributed by atoms with Gasteiger partial charge in [0.25, 0.3) is 11.8 Å². The van der Waals surface area contributed by atoms with Gasteiger partial charge < -0.3 is 21.5 Å². The van der Waals surface area contributed by atoms with Gasteiger partial charge in [-0.1, -0.05) is 18.2 Å². The fraction of sp³-hybridized carbons (Fsp3) is 0.167. The normalized spacial score (nSPS) is 10.1. The molecule has 2 aromatic carbocycles. The van der Waals surface area contributed by atoms with E-state index in [1.54, 1.807) is 36.4 Å². The van der Waals surface area contributed by atoms with Gasteiger partial charge in [0.1, 0.15) is 0 Å². The largest absolute Gasteiger partial charge is 0.481 e. The van der Waals surface area contributed by atoms with Gasteiger partial charge in [0.15, 0.2) is 0 Å². The van der Waals surface area contributed by atoms with Crippen LogP contribution in [0.25, 0.3) is 0 Å². The van der Waals surface area contributed by atoms with E-state index in [1.165, 1.54) is 6.07 Å². The molecule has 130 valence electrons. The molecule has 0 atom stereocenters. The lowest BCUT2D eigenvalue weighted by atomic mass is 10.1. The Balaban J connectivity index is 2.04. The van der Waals surface area contributed by atoms with Crippen LogP contribution in [0.3, 0.4) is 0 Å². The zero-order valence-corrected chi connectivity index (χ0v) is 13.5. The van der Waals surface area contributed by atoms with Crippen LogP contribution in [0.2, 0.25) is 0 Å². The van der Waals surface area contributed by atoms with Gasteiger partial charge in [0.2, 0.25) is 0 Å². The standard InChI is InChI=1S/C18H19N3O4/c19-11-12-3-1-4-13(9-12)18(25)21-15-6-2-5-14(10-15)17(24)20-8-7-16(22)23/h1-6,9-10H,7-8,11,19H2,(H,20,24)(H,21,25)(H,22,23). The minimum absolute atomic E-state index is 0.0383. The molecule has 2 rings (SSSR count). The highest BCUT2D eigenvalue weighted by atomic mass is 16.4. The van der Waals surface area contributed by atoms with Crippen molar-refractivity contribution in [1.82, 2.24) is 5.32 Å². The lowest BCUT2D eigenvalue weighted by Gasteiger charge is -2.09. The summed E-state index contributed by atoms with van der Waals surface area (Å²) in [5.41, 5.74) is 7.69. The number of carbonyl (C=O) groups is 3. The van der Waals surface area contributed by atoms with Crippen LogP contribution in [-0.4, -0.2) is 29.4 Å². The zero-order valence-electron chi connectivity index (χ0n) is 13.5. The topological polar surface area (TPSA) is 122 Å². The van der Waals surface area contributed by atoms with E-state index in [4.69, 9.17) is 10.8 Å². The number of carboxylic acids is 1. The summed E-state index contributed by atoms with van der Waals surface area (Å²) in [6, 6.07) is 13.4. The number of benzene rings is 2. The van der Waals surface area contributed by atoms with Gasteiger partial charge in [-0.3, -0.25) is 14.4 Å². The third kappa shape index (κ3) is 5.43. The Bertz CT molecular complexity index is 789. The predicted molar refractivity (Wildman–Crippen MR) is 93.3 cm³/mol. The molecular weight excluding hydrogens is 322 g/mol. The van der Waals surface area contributed by atoms with E-state index in [-0.39, 0.29) is 18.9 Å². The molecule has 2 amide bonds. The first-order chi connectivity index (χ1) is 12.0. The van der Waals surface area contributed by atoms with E-state index in [1.807, 2.05) is 6.07 Å². The minimum Gasteiger partial charge on any atom is -0.481 e. The second-order valence-corrected chi connectivity index (χ2v) is 5.34. The fourth-order valence-corrected chi connectivity index (χ4v) is 2.17. The van der Waals surface area contributed by atoms with Gasteiger partial charge in [-0.15, -0.1) is 0 Å². The van der Waals surface area contributed by atoms with Gasteiger partial charge in [-0.2, -0.15) is 0 Å². The van der Waals surface area contributed by atoms with Crippen LogP contribution in [0.4, 0.5) is 5.69 Å². The van der Waals surface area contributed by atoms with E-state index in [9.17, 15) is 14.4 Å². The molecule has 7 nitrogen and oxygen atoms in total. The second-order valence-electron chi connectivity index (χ2n) is 5.34. The molecule has 0 heterocycles. The quantitative estimate of drug-likeness (QED) is 0.609. The monoisotopic (exact) mass is 341 g/mol. The van der Waals surface area contributed by atoms with Crippen molar-refractivity contribution in [3.8, 4) is 0 Å². The summed E-state index contributed by atoms with van der Waals surface area (Å²) in [7, 11) is 0. The number of carbonyl (C=O) groups excluding carboxylic acids is 2. The Morgan fingerprint density at radius 2 is 1.64 bits per heavy atom. The van der Waals surface area contributed by atoms with Crippen molar-refractivity contribution in [3.63, 3.8) is 0 Å². The van der Waals surface area contributed by atoms with Crippen molar-refractivity contribution in [2.75, 3.05) is 11.9 Å². The number of nitrogens with two attached hydrogens (primary N) is 1. The first kappa shape index (κ1) is 18.2. The van der Waals surface area contributed by atoms with Crippen molar-refractivity contribution < 1.29 is 19.5 Å². The summed E-state index contributed by atoms with van der Waals surface area (Å²) in [6.07, 6.45) is -0.153. The fourth-order valence-electron chi connectivity index (χ4n) is 2.17. The average Bonchev–Trinajstić information content (AvgIpc) is 2.61. The molecule has 0 fully saturated rings. The molecule has 2 aromatic rings. The van der Waals surface area contributed by atoms with Crippen molar-refractivity contribution in [3.05, 3.63) is 65.2 Å². The van der Waals surface area contributed by atoms with Crippen molar-refractivity contribution >= 4 is 23.5 Å². The van der Waals surface area contributed by atoms with Crippen LogP contribution in [0.1, 0.15) is 32.7 Å². The molecule has 0 bridgehead atoms. The summed E-state index contributed by atoms with van der Waals surface area (Å²) in [5, 5.41) is 13.8. The van der Waals surface area contributed by atoms with Crippen LogP contribution in [0.15, 0.2) is 48.5 Å². The number of aliphatic carboxylic acids is 1. The average molecular weight is 341 g/mol. The summed E-state index contributed by atoms with van der Waals surface area (Å²) >= 11 is 0. The first-order valence-electron chi connectivity index (χ1n) is 7.70. The number of hydrogen-bond donors (Lipinski definition) is 4. The molecule has 0 aromatic heterocycles. The Kier molecular flexibility index (Phi) is 6.25. The smallest absolute Gasteiger partial charge is 0.305 e. The van der Waals surface area contributed by atoms with Crippen LogP contribution in [0, 0.1) is 0 Å². The summed E-state index contributed by atoms with van der Waals surface area (Å²) in [4.78, 5) is 34.7. The number of carboxylic acid groups (broad SMARTS) is 1. The SMILES string of the molecule is NCc1cccc(C(=O)Nc2cccc(C(=O)NCCC(=O)O)c2)c1. The van der Waals surface area contributed by atoms with Gasteiger partial charge in [-0.25, -0.2) is 0 Å². The van der Waals surface area contributed by atoms with Crippen molar-refractivity contribution in [1.29, 1.82) is 0 Å². The maximum absolute atomic E-state index is 12.3. The van der Waals surface area contributed by atoms with Crippen LogP contribution in [-0.2, 0) is 11.3 Å².